The number of carboxylic acids is 1. The SMILES string of the molecule is Cn1ncc(C(=O)O)c1CC12CC3CC(CC(C3)C1)C2. The second-order valence-corrected chi connectivity index (χ2v) is 7.53. The van der Waals surface area contributed by atoms with Crippen LogP contribution in [0.5, 0.6) is 0 Å². The van der Waals surface area contributed by atoms with Crippen molar-refractivity contribution in [2.75, 3.05) is 0 Å². The first kappa shape index (κ1) is 12.4. The Bertz CT molecular complexity index is 526. The third-order valence-electron chi connectivity index (χ3n) is 6.00. The van der Waals surface area contributed by atoms with Crippen molar-refractivity contribution in [1.29, 1.82) is 0 Å². The molecular formula is C16H22N2O2. The van der Waals surface area contributed by atoms with Crippen molar-refractivity contribution < 1.29 is 9.90 Å². The van der Waals surface area contributed by atoms with E-state index in [0.717, 1.165) is 29.9 Å². The molecule has 1 aromatic rings. The second-order valence-electron chi connectivity index (χ2n) is 7.53. The highest BCUT2D eigenvalue weighted by Gasteiger charge is 2.51. The van der Waals surface area contributed by atoms with Gasteiger partial charge < -0.3 is 5.11 Å². The summed E-state index contributed by atoms with van der Waals surface area (Å²) in [5.74, 6) is 1.88. The minimum absolute atomic E-state index is 0.368. The average Bonchev–Trinajstić information content (AvgIpc) is 2.68. The van der Waals surface area contributed by atoms with Crippen molar-refractivity contribution in [2.24, 2.45) is 30.2 Å². The molecule has 5 rings (SSSR count). The van der Waals surface area contributed by atoms with Crippen LogP contribution in [-0.2, 0) is 13.5 Å². The van der Waals surface area contributed by atoms with E-state index >= 15 is 0 Å². The Morgan fingerprint density at radius 1 is 1.30 bits per heavy atom. The lowest BCUT2D eigenvalue weighted by atomic mass is 9.48. The summed E-state index contributed by atoms with van der Waals surface area (Å²) in [6.07, 6.45) is 10.6. The topological polar surface area (TPSA) is 55.1 Å². The van der Waals surface area contributed by atoms with Crippen LogP contribution in [0.25, 0.3) is 0 Å². The molecule has 4 bridgehead atoms. The number of nitrogens with zero attached hydrogens (tertiary/aromatic N) is 2. The number of hydrogen-bond donors (Lipinski definition) is 1. The molecule has 0 unspecified atom stereocenters. The molecule has 1 aromatic heterocycles. The van der Waals surface area contributed by atoms with Crippen LogP contribution >= 0.6 is 0 Å². The molecule has 0 spiro atoms. The third-order valence-corrected chi connectivity index (χ3v) is 6.00. The van der Waals surface area contributed by atoms with Crippen molar-refractivity contribution >= 4 is 5.97 Å². The molecular weight excluding hydrogens is 252 g/mol. The molecule has 4 fully saturated rings. The third kappa shape index (κ3) is 1.80. The number of hydrogen-bond acceptors (Lipinski definition) is 2. The normalized spacial score (nSPS) is 38.4. The molecule has 4 aliphatic carbocycles. The highest BCUT2D eigenvalue weighted by Crippen LogP contribution is 2.61. The molecule has 0 atom stereocenters. The lowest BCUT2D eigenvalue weighted by Gasteiger charge is -2.57. The molecule has 0 amide bonds. The van der Waals surface area contributed by atoms with E-state index in [2.05, 4.69) is 5.10 Å². The van der Waals surface area contributed by atoms with Crippen LogP contribution in [0.1, 0.15) is 54.6 Å². The maximum Gasteiger partial charge on any atom is 0.339 e. The first-order valence-corrected chi connectivity index (χ1v) is 7.79. The maximum atomic E-state index is 11.4. The van der Waals surface area contributed by atoms with Gasteiger partial charge in [-0.15, -0.1) is 0 Å². The summed E-state index contributed by atoms with van der Waals surface area (Å²) < 4.78 is 1.78. The van der Waals surface area contributed by atoms with Crippen molar-refractivity contribution in [3.8, 4) is 0 Å². The molecule has 4 nitrogen and oxygen atoms in total. The van der Waals surface area contributed by atoms with Gasteiger partial charge in [0.2, 0.25) is 0 Å². The van der Waals surface area contributed by atoms with Crippen LogP contribution in [0.2, 0.25) is 0 Å². The van der Waals surface area contributed by atoms with E-state index in [-0.39, 0.29) is 0 Å². The Kier molecular flexibility index (Phi) is 2.54. The highest BCUT2D eigenvalue weighted by molar-refractivity contribution is 5.88. The molecule has 0 radical (unpaired) electrons. The van der Waals surface area contributed by atoms with Gasteiger partial charge in [-0.2, -0.15) is 5.10 Å². The molecule has 4 saturated carbocycles. The van der Waals surface area contributed by atoms with E-state index in [9.17, 15) is 9.90 Å². The summed E-state index contributed by atoms with van der Waals surface area (Å²) in [5.41, 5.74) is 1.70. The second kappa shape index (κ2) is 4.09. The first-order chi connectivity index (χ1) is 9.55. The lowest BCUT2D eigenvalue weighted by molar-refractivity contribution is -0.0531. The van der Waals surface area contributed by atoms with Gasteiger partial charge >= 0.3 is 5.97 Å². The number of aromatic carboxylic acids is 1. The summed E-state index contributed by atoms with van der Waals surface area (Å²) in [4.78, 5) is 11.4. The van der Waals surface area contributed by atoms with Crippen molar-refractivity contribution in [1.82, 2.24) is 9.78 Å². The van der Waals surface area contributed by atoms with E-state index in [4.69, 9.17) is 0 Å². The fraction of sp³-hybridized carbons (Fsp3) is 0.750. The minimum atomic E-state index is -0.835. The molecule has 108 valence electrons. The Balaban J connectivity index is 1.66. The minimum Gasteiger partial charge on any atom is -0.478 e. The van der Waals surface area contributed by atoms with Gasteiger partial charge in [-0.1, -0.05) is 0 Å². The van der Waals surface area contributed by atoms with Crippen LogP contribution in [0.4, 0.5) is 0 Å². The fourth-order valence-electron chi connectivity index (χ4n) is 5.71. The van der Waals surface area contributed by atoms with Crippen molar-refractivity contribution in [3.05, 3.63) is 17.5 Å². The number of rotatable bonds is 3. The molecule has 20 heavy (non-hydrogen) atoms. The zero-order valence-corrected chi connectivity index (χ0v) is 12.0. The summed E-state index contributed by atoms with van der Waals surface area (Å²) in [6.45, 7) is 0. The van der Waals surface area contributed by atoms with Gasteiger partial charge in [-0.25, -0.2) is 4.79 Å². The summed E-state index contributed by atoms with van der Waals surface area (Å²) in [5, 5.41) is 13.5. The zero-order chi connectivity index (χ0) is 13.9. The smallest absolute Gasteiger partial charge is 0.339 e. The molecule has 0 aliphatic heterocycles. The number of aryl methyl sites for hydroxylation is 1. The molecule has 0 saturated heterocycles. The maximum absolute atomic E-state index is 11.4. The Hall–Kier alpha value is -1.32. The predicted octanol–water partition coefficient (Wildman–Crippen LogP) is 2.88. The van der Waals surface area contributed by atoms with E-state index in [1.54, 1.807) is 4.68 Å². The lowest BCUT2D eigenvalue weighted by Crippen LogP contribution is -2.47. The van der Waals surface area contributed by atoms with Crippen LogP contribution in [0.3, 0.4) is 0 Å². The highest BCUT2D eigenvalue weighted by atomic mass is 16.4. The van der Waals surface area contributed by atoms with Crippen molar-refractivity contribution in [2.45, 2.75) is 44.9 Å². The van der Waals surface area contributed by atoms with Gasteiger partial charge in [0.05, 0.1) is 11.9 Å². The van der Waals surface area contributed by atoms with Gasteiger partial charge in [0.15, 0.2) is 0 Å². The largest absolute Gasteiger partial charge is 0.478 e. The van der Waals surface area contributed by atoms with E-state index in [1.165, 1.54) is 44.7 Å². The predicted molar refractivity (Wildman–Crippen MR) is 74.5 cm³/mol. The van der Waals surface area contributed by atoms with Gasteiger partial charge in [0.1, 0.15) is 5.56 Å². The average molecular weight is 274 g/mol. The van der Waals surface area contributed by atoms with Gasteiger partial charge in [0, 0.05) is 7.05 Å². The van der Waals surface area contributed by atoms with Gasteiger partial charge in [0.25, 0.3) is 0 Å². The van der Waals surface area contributed by atoms with Crippen LogP contribution in [0.15, 0.2) is 6.20 Å². The van der Waals surface area contributed by atoms with Crippen LogP contribution in [-0.4, -0.2) is 20.9 Å². The van der Waals surface area contributed by atoms with Gasteiger partial charge in [-0.3, -0.25) is 4.68 Å². The van der Waals surface area contributed by atoms with E-state index < -0.39 is 5.97 Å². The molecule has 0 aromatic carbocycles. The molecule has 4 heteroatoms. The molecule has 4 aliphatic rings. The first-order valence-electron chi connectivity index (χ1n) is 7.79. The fourth-order valence-corrected chi connectivity index (χ4v) is 5.71. The monoisotopic (exact) mass is 274 g/mol. The summed E-state index contributed by atoms with van der Waals surface area (Å²) >= 11 is 0. The quantitative estimate of drug-likeness (QED) is 0.922. The number of aromatic nitrogens is 2. The Labute approximate surface area is 119 Å². The Morgan fingerprint density at radius 2 is 1.85 bits per heavy atom. The van der Waals surface area contributed by atoms with Crippen LogP contribution in [0, 0.1) is 23.2 Å². The van der Waals surface area contributed by atoms with Gasteiger partial charge in [-0.05, 0) is 68.1 Å². The van der Waals surface area contributed by atoms with E-state index in [0.29, 0.717) is 11.0 Å². The Morgan fingerprint density at radius 3 is 2.35 bits per heavy atom. The number of carbonyl (C=O) groups is 1. The molecule has 1 N–H and O–H groups in total. The van der Waals surface area contributed by atoms with E-state index in [1.807, 2.05) is 7.05 Å². The number of carboxylic acid groups (broad SMARTS) is 1. The summed E-state index contributed by atoms with van der Waals surface area (Å²) in [7, 11) is 1.88. The zero-order valence-electron chi connectivity index (χ0n) is 12.0. The summed E-state index contributed by atoms with van der Waals surface area (Å²) in [6, 6.07) is 0. The standard InChI is InChI=1S/C16H22N2O2/c1-18-14(13(9-17-18)15(19)20)8-16-5-10-2-11(6-16)4-12(3-10)7-16/h9-12H,2-8H2,1H3,(H,19,20). The van der Waals surface area contributed by atoms with Crippen molar-refractivity contribution in [3.63, 3.8) is 0 Å². The molecule has 1 heterocycles. The van der Waals surface area contributed by atoms with Crippen LogP contribution < -0.4 is 0 Å².